The van der Waals surface area contributed by atoms with E-state index in [1.165, 1.54) is 0 Å². The van der Waals surface area contributed by atoms with Crippen molar-refractivity contribution in [1.82, 2.24) is 4.90 Å². The molecule has 0 radical (unpaired) electrons. The second-order valence-electron chi connectivity index (χ2n) is 5.40. The second kappa shape index (κ2) is 5.19. The van der Waals surface area contributed by atoms with Crippen LogP contribution in [0.4, 0.5) is 0 Å². The Morgan fingerprint density at radius 2 is 2.05 bits per heavy atom. The summed E-state index contributed by atoms with van der Waals surface area (Å²) in [6.07, 6.45) is 1.70. The van der Waals surface area contributed by atoms with Crippen molar-refractivity contribution in [2.45, 2.75) is 18.9 Å². The molecule has 1 saturated carbocycles. The van der Waals surface area contributed by atoms with E-state index in [0.717, 1.165) is 28.3 Å². The Hall–Kier alpha value is -0.390. The molecule has 1 saturated heterocycles. The minimum absolute atomic E-state index is 0.0565. The predicted octanol–water partition coefficient (Wildman–Crippen LogP) is 3.05. The van der Waals surface area contributed by atoms with Gasteiger partial charge in [-0.3, -0.25) is 4.79 Å². The van der Waals surface area contributed by atoms with Crippen molar-refractivity contribution in [1.29, 1.82) is 0 Å². The van der Waals surface area contributed by atoms with Gasteiger partial charge in [0.2, 0.25) is 0 Å². The maximum absolute atomic E-state index is 12.5. The number of hydrogen-bond donors (Lipinski definition) is 1. The molecule has 2 fully saturated rings. The normalized spacial score (nSPS) is 29.6. The van der Waals surface area contributed by atoms with Gasteiger partial charge in [-0.25, -0.2) is 0 Å². The third-order valence-electron chi connectivity index (χ3n) is 4.27. The first-order chi connectivity index (χ1) is 9.06. The monoisotopic (exact) mass is 387 g/mol. The van der Waals surface area contributed by atoms with Gasteiger partial charge in [0.05, 0.1) is 11.7 Å². The maximum Gasteiger partial charge on any atom is 0.255 e. The van der Waals surface area contributed by atoms with Crippen molar-refractivity contribution in [2.75, 3.05) is 13.1 Å². The first-order valence-electron chi connectivity index (χ1n) is 6.48. The van der Waals surface area contributed by atoms with Crippen LogP contribution in [-0.4, -0.2) is 35.1 Å². The Balaban J connectivity index is 1.78. The number of carbonyl (C=O) groups is 1. The number of halogens is 2. The predicted molar refractivity (Wildman–Crippen MR) is 80.0 cm³/mol. The zero-order valence-electron chi connectivity index (χ0n) is 10.4. The topological polar surface area (TPSA) is 40.5 Å². The summed E-state index contributed by atoms with van der Waals surface area (Å²) in [4.78, 5) is 14.4. The molecule has 0 bridgehead atoms. The van der Waals surface area contributed by atoms with Gasteiger partial charge in [0.15, 0.2) is 0 Å². The third kappa shape index (κ3) is 2.48. The van der Waals surface area contributed by atoms with Crippen molar-refractivity contribution < 1.29 is 9.90 Å². The van der Waals surface area contributed by atoms with Gasteiger partial charge in [-0.05, 0) is 52.9 Å². The second-order valence-corrected chi connectivity index (χ2v) is 7.17. The van der Waals surface area contributed by atoms with Gasteiger partial charge in [0.25, 0.3) is 5.91 Å². The van der Waals surface area contributed by atoms with Crippen LogP contribution in [0.5, 0.6) is 0 Å². The highest BCUT2D eigenvalue weighted by Crippen LogP contribution is 2.39. The van der Waals surface area contributed by atoms with Crippen LogP contribution in [-0.2, 0) is 0 Å². The summed E-state index contributed by atoms with van der Waals surface area (Å²) in [6, 6.07) is 5.60. The van der Waals surface area contributed by atoms with E-state index in [9.17, 15) is 9.90 Å². The SMILES string of the molecule is O=C(c1ccc(Br)cc1Br)N1CC2CCC(O)C2C1. The Morgan fingerprint density at radius 1 is 1.26 bits per heavy atom. The first-order valence-corrected chi connectivity index (χ1v) is 8.07. The number of amides is 1. The molecule has 102 valence electrons. The molecular weight excluding hydrogens is 374 g/mol. The van der Waals surface area contributed by atoms with Gasteiger partial charge < -0.3 is 10.0 Å². The van der Waals surface area contributed by atoms with Gasteiger partial charge in [-0.2, -0.15) is 0 Å². The third-order valence-corrected chi connectivity index (χ3v) is 5.42. The number of rotatable bonds is 1. The van der Waals surface area contributed by atoms with Crippen LogP contribution >= 0.6 is 31.9 Å². The minimum Gasteiger partial charge on any atom is -0.393 e. The first kappa shape index (κ1) is 13.6. The molecule has 1 N–H and O–H groups in total. The molecule has 0 aromatic heterocycles. The number of benzene rings is 1. The Kier molecular flexibility index (Phi) is 3.71. The van der Waals surface area contributed by atoms with E-state index in [0.29, 0.717) is 18.0 Å². The highest BCUT2D eigenvalue weighted by atomic mass is 79.9. The lowest BCUT2D eigenvalue weighted by atomic mass is 10.00. The van der Waals surface area contributed by atoms with E-state index in [1.807, 2.05) is 23.1 Å². The maximum atomic E-state index is 12.5. The molecule has 3 rings (SSSR count). The molecule has 1 heterocycles. The zero-order chi connectivity index (χ0) is 13.6. The average molecular weight is 389 g/mol. The summed E-state index contributed by atoms with van der Waals surface area (Å²) in [5.74, 6) is 0.812. The fraction of sp³-hybridized carbons (Fsp3) is 0.500. The van der Waals surface area contributed by atoms with E-state index in [4.69, 9.17) is 0 Å². The summed E-state index contributed by atoms with van der Waals surface area (Å²) < 4.78 is 1.76. The van der Waals surface area contributed by atoms with Crippen LogP contribution < -0.4 is 0 Å². The van der Waals surface area contributed by atoms with Crippen molar-refractivity contribution in [2.24, 2.45) is 11.8 Å². The van der Waals surface area contributed by atoms with Gasteiger partial charge in [-0.1, -0.05) is 15.9 Å². The van der Waals surface area contributed by atoms with Crippen LogP contribution in [0.15, 0.2) is 27.1 Å². The largest absolute Gasteiger partial charge is 0.393 e. The fourth-order valence-corrected chi connectivity index (χ4v) is 4.45. The summed E-state index contributed by atoms with van der Waals surface area (Å²) in [6.45, 7) is 1.47. The summed E-state index contributed by atoms with van der Waals surface area (Å²) in [5, 5.41) is 9.91. The van der Waals surface area contributed by atoms with Gasteiger partial charge in [-0.15, -0.1) is 0 Å². The summed E-state index contributed by atoms with van der Waals surface area (Å²) in [5.41, 5.74) is 0.692. The molecule has 2 aliphatic rings. The summed E-state index contributed by atoms with van der Waals surface area (Å²) in [7, 11) is 0. The van der Waals surface area contributed by atoms with Crippen molar-refractivity contribution in [3.63, 3.8) is 0 Å². The van der Waals surface area contributed by atoms with Gasteiger partial charge in [0, 0.05) is 28.0 Å². The number of nitrogens with zero attached hydrogens (tertiary/aromatic N) is 1. The van der Waals surface area contributed by atoms with E-state index in [1.54, 1.807) is 0 Å². The van der Waals surface area contributed by atoms with Crippen molar-refractivity contribution in [3.05, 3.63) is 32.7 Å². The standard InChI is InChI=1S/C14H15Br2NO2/c15-9-2-3-10(12(16)5-9)14(19)17-6-8-1-4-13(18)11(8)7-17/h2-3,5,8,11,13,18H,1,4,6-7H2. The fourth-order valence-electron chi connectivity index (χ4n) is 3.24. The lowest BCUT2D eigenvalue weighted by Crippen LogP contribution is -2.31. The number of fused-ring (bicyclic) bond motifs is 1. The average Bonchev–Trinajstić information content (AvgIpc) is 2.91. The van der Waals surface area contributed by atoms with Crippen molar-refractivity contribution >= 4 is 37.8 Å². The molecular formula is C14H15Br2NO2. The molecule has 1 amide bonds. The van der Waals surface area contributed by atoms with Crippen LogP contribution in [0.25, 0.3) is 0 Å². The highest BCUT2D eigenvalue weighted by molar-refractivity contribution is 9.11. The molecule has 3 unspecified atom stereocenters. The molecule has 3 atom stereocenters. The number of hydrogen-bond acceptors (Lipinski definition) is 2. The van der Waals surface area contributed by atoms with Crippen LogP contribution in [0.2, 0.25) is 0 Å². The molecule has 1 aromatic rings. The molecule has 19 heavy (non-hydrogen) atoms. The molecule has 1 aromatic carbocycles. The molecule has 3 nitrogen and oxygen atoms in total. The number of carbonyl (C=O) groups excluding carboxylic acids is 1. The van der Waals surface area contributed by atoms with E-state index >= 15 is 0 Å². The van der Waals surface area contributed by atoms with E-state index < -0.39 is 0 Å². The van der Waals surface area contributed by atoms with Gasteiger partial charge >= 0.3 is 0 Å². The van der Waals surface area contributed by atoms with E-state index in [-0.39, 0.29) is 17.9 Å². The zero-order valence-corrected chi connectivity index (χ0v) is 13.5. The molecule has 0 spiro atoms. The van der Waals surface area contributed by atoms with Crippen LogP contribution in [0.1, 0.15) is 23.2 Å². The molecule has 1 aliphatic heterocycles. The molecule has 5 heteroatoms. The Bertz CT molecular complexity index is 520. The van der Waals surface area contributed by atoms with Crippen LogP contribution in [0, 0.1) is 11.8 Å². The van der Waals surface area contributed by atoms with Crippen LogP contribution in [0.3, 0.4) is 0 Å². The van der Waals surface area contributed by atoms with Gasteiger partial charge in [0.1, 0.15) is 0 Å². The smallest absolute Gasteiger partial charge is 0.255 e. The Morgan fingerprint density at radius 3 is 2.74 bits per heavy atom. The lowest BCUT2D eigenvalue weighted by molar-refractivity contribution is 0.0751. The summed E-state index contributed by atoms with van der Waals surface area (Å²) >= 11 is 6.83. The highest BCUT2D eigenvalue weighted by Gasteiger charge is 2.43. The Labute approximate surface area is 129 Å². The lowest BCUT2D eigenvalue weighted by Gasteiger charge is -2.19. The van der Waals surface area contributed by atoms with E-state index in [2.05, 4.69) is 31.9 Å². The number of likely N-dealkylation sites (tertiary alicyclic amines) is 1. The molecule has 1 aliphatic carbocycles. The number of aliphatic hydroxyl groups excluding tert-OH is 1. The van der Waals surface area contributed by atoms with Crippen molar-refractivity contribution in [3.8, 4) is 0 Å². The number of aliphatic hydroxyl groups is 1. The minimum atomic E-state index is -0.226. The quantitative estimate of drug-likeness (QED) is 0.803.